The number of unbranched alkanes of at least 4 members (excludes halogenated alkanes) is 3. The van der Waals surface area contributed by atoms with Gasteiger partial charge in [0, 0.05) is 17.3 Å². The predicted octanol–water partition coefficient (Wildman–Crippen LogP) is 7.41. The van der Waals surface area contributed by atoms with E-state index in [2.05, 4.69) is 67.0 Å². The maximum Gasteiger partial charge on any atom is 0.119 e. The summed E-state index contributed by atoms with van der Waals surface area (Å²) < 4.78 is 5.82. The molecule has 0 aliphatic carbocycles. The molecule has 0 amide bonds. The number of pyridine rings is 1. The summed E-state index contributed by atoms with van der Waals surface area (Å²) >= 11 is 0. The van der Waals surface area contributed by atoms with Crippen molar-refractivity contribution in [3.63, 3.8) is 0 Å². The molecule has 0 saturated carbocycles. The van der Waals surface area contributed by atoms with Crippen molar-refractivity contribution < 1.29 is 4.74 Å². The topological polar surface area (TPSA) is 22.1 Å². The highest BCUT2D eigenvalue weighted by atomic mass is 16.5. The highest BCUT2D eigenvalue weighted by molar-refractivity contribution is 5.69. The van der Waals surface area contributed by atoms with Gasteiger partial charge in [0.25, 0.3) is 0 Å². The fourth-order valence-corrected chi connectivity index (χ4v) is 3.12. The zero-order valence-corrected chi connectivity index (χ0v) is 16.9. The summed E-state index contributed by atoms with van der Waals surface area (Å²) in [5.41, 5.74) is 6.58. The van der Waals surface area contributed by atoms with E-state index >= 15 is 0 Å². The Morgan fingerprint density at radius 1 is 0.821 bits per heavy atom. The Morgan fingerprint density at radius 3 is 2.11 bits per heavy atom. The summed E-state index contributed by atoms with van der Waals surface area (Å²) in [6.07, 6.45) is 6.82. The van der Waals surface area contributed by atoms with Gasteiger partial charge in [-0.3, -0.25) is 4.98 Å². The van der Waals surface area contributed by atoms with Gasteiger partial charge in [0.2, 0.25) is 0 Å². The standard InChI is InChI=1S/C26H29NO/c1-4-5-6-7-18-28-25-15-12-22(13-16-25)24-14-17-26(27-19-24)23-10-8-21(9-11-23)20(2)3/h8-17,19H,2,4-7,18H2,1,3H3. The van der Waals surface area contributed by atoms with Gasteiger partial charge in [-0.25, -0.2) is 0 Å². The number of hydrogen-bond acceptors (Lipinski definition) is 2. The molecule has 0 unspecified atom stereocenters. The Balaban J connectivity index is 1.62. The van der Waals surface area contributed by atoms with Crippen LogP contribution in [0.3, 0.4) is 0 Å². The smallest absolute Gasteiger partial charge is 0.119 e. The molecule has 28 heavy (non-hydrogen) atoms. The van der Waals surface area contributed by atoms with E-state index < -0.39 is 0 Å². The van der Waals surface area contributed by atoms with Crippen molar-refractivity contribution >= 4 is 5.57 Å². The van der Waals surface area contributed by atoms with Crippen LogP contribution in [-0.2, 0) is 0 Å². The van der Waals surface area contributed by atoms with Crippen molar-refractivity contribution in [3.05, 3.63) is 79.0 Å². The molecule has 2 heteroatoms. The molecule has 2 aromatic carbocycles. The molecule has 0 aliphatic rings. The Morgan fingerprint density at radius 2 is 1.50 bits per heavy atom. The molecule has 144 valence electrons. The molecule has 0 aliphatic heterocycles. The van der Waals surface area contributed by atoms with Crippen LogP contribution in [0, 0.1) is 0 Å². The van der Waals surface area contributed by atoms with E-state index in [-0.39, 0.29) is 0 Å². The van der Waals surface area contributed by atoms with E-state index in [4.69, 9.17) is 4.74 Å². The lowest BCUT2D eigenvalue weighted by molar-refractivity contribution is 0.305. The average molecular weight is 372 g/mol. The molecule has 1 aromatic heterocycles. The largest absolute Gasteiger partial charge is 0.494 e. The van der Waals surface area contributed by atoms with Crippen LogP contribution < -0.4 is 4.74 Å². The SMILES string of the molecule is C=C(C)c1ccc(-c2ccc(-c3ccc(OCCCCCC)cc3)cn2)cc1. The summed E-state index contributed by atoms with van der Waals surface area (Å²) in [6.45, 7) is 9.02. The van der Waals surface area contributed by atoms with Crippen molar-refractivity contribution in [1.29, 1.82) is 0 Å². The second kappa shape index (κ2) is 9.89. The summed E-state index contributed by atoms with van der Waals surface area (Å²) in [5, 5.41) is 0. The van der Waals surface area contributed by atoms with Crippen LogP contribution in [0.5, 0.6) is 5.75 Å². The lowest BCUT2D eigenvalue weighted by Crippen LogP contribution is -1.97. The lowest BCUT2D eigenvalue weighted by Gasteiger charge is -2.08. The van der Waals surface area contributed by atoms with E-state index in [0.29, 0.717) is 0 Å². The van der Waals surface area contributed by atoms with Crippen LogP contribution in [0.2, 0.25) is 0 Å². The number of rotatable bonds is 9. The Labute approximate surface area is 168 Å². The fourth-order valence-electron chi connectivity index (χ4n) is 3.12. The van der Waals surface area contributed by atoms with Crippen molar-refractivity contribution in [2.45, 2.75) is 39.5 Å². The third-order valence-electron chi connectivity index (χ3n) is 4.89. The molecule has 0 saturated heterocycles. The first-order valence-corrected chi connectivity index (χ1v) is 10.1. The minimum atomic E-state index is 0.791. The molecule has 0 atom stereocenters. The van der Waals surface area contributed by atoms with E-state index in [1.807, 2.05) is 25.3 Å². The van der Waals surface area contributed by atoms with E-state index in [9.17, 15) is 0 Å². The van der Waals surface area contributed by atoms with Crippen molar-refractivity contribution in [2.75, 3.05) is 6.61 Å². The Bertz CT molecular complexity index is 877. The van der Waals surface area contributed by atoms with Crippen LogP contribution in [-0.4, -0.2) is 11.6 Å². The van der Waals surface area contributed by atoms with E-state index in [1.165, 1.54) is 19.3 Å². The van der Waals surface area contributed by atoms with Gasteiger partial charge in [0.1, 0.15) is 5.75 Å². The molecule has 0 bridgehead atoms. The maximum absolute atomic E-state index is 5.82. The Hall–Kier alpha value is -2.87. The molecule has 0 radical (unpaired) electrons. The van der Waals surface area contributed by atoms with Crippen molar-refractivity contribution in [3.8, 4) is 28.1 Å². The third-order valence-corrected chi connectivity index (χ3v) is 4.89. The van der Waals surface area contributed by atoms with Crippen LogP contribution in [0.1, 0.15) is 45.1 Å². The van der Waals surface area contributed by atoms with Crippen LogP contribution in [0.4, 0.5) is 0 Å². The van der Waals surface area contributed by atoms with Crippen LogP contribution >= 0.6 is 0 Å². The highest BCUT2D eigenvalue weighted by Crippen LogP contribution is 2.25. The van der Waals surface area contributed by atoms with Gasteiger partial charge in [0.15, 0.2) is 0 Å². The van der Waals surface area contributed by atoms with Gasteiger partial charge in [-0.1, -0.05) is 80.8 Å². The molecular weight excluding hydrogens is 342 g/mol. The number of ether oxygens (including phenoxy) is 1. The van der Waals surface area contributed by atoms with Gasteiger partial charge in [-0.15, -0.1) is 0 Å². The number of allylic oxidation sites excluding steroid dienone is 1. The molecule has 3 aromatic rings. The zero-order valence-electron chi connectivity index (χ0n) is 16.9. The third kappa shape index (κ3) is 5.32. The Kier molecular flexibility index (Phi) is 7.02. The van der Waals surface area contributed by atoms with E-state index in [1.54, 1.807) is 0 Å². The lowest BCUT2D eigenvalue weighted by atomic mass is 10.0. The van der Waals surface area contributed by atoms with Crippen molar-refractivity contribution in [2.24, 2.45) is 0 Å². The minimum absolute atomic E-state index is 0.791. The maximum atomic E-state index is 5.82. The van der Waals surface area contributed by atoms with Gasteiger partial charge < -0.3 is 4.74 Å². The normalized spacial score (nSPS) is 10.6. The van der Waals surface area contributed by atoms with Crippen LogP contribution in [0.15, 0.2) is 73.4 Å². The van der Waals surface area contributed by atoms with Gasteiger partial charge in [-0.05, 0) is 42.7 Å². The monoisotopic (exact) mass is 371 g/mol. The molecule has 0 N–H and O–H groups in total. The molecule has 0 spiro atoms. The molecule has 1 heterocycles. The summed E-state index contributed by atoms with van der Waals surface area (Å²) in [6, 6.07) is 20.8. The first-order valence-electron chi connectivity index (χ1n) is 10.1. The average Bonchev–Trinajstić information content (AvgIpc) is 2.74. The van der Waals surface area contributed by atoms with Gasteiger partial charge >= 0.3 is 0 Å². The second-order valence-electron chi connectivity index (χ2n) is 7.22. The number of aromatic nitrogens is 1. The van der Waals surface area contributed by atoms with Crippen molar-refractivity contribution in [1.82, 2.24) is 4.98 Å². The van der Waals surface area contributed by atoms with Gasteiger partial charge in [0.05, 0.1) is 12.3 Å². The first kappa shape index (κ1) is 19.9. The number of benzene rings is 2. The summed E-state index contributed by atoms with van der Waals surface area (Å²) in [4.78, 5) is 4.65. The predicted molar refractivity (Wildman–Crippen MR) is 119 cm³/mol. The van der Waals surface area contributed by atoms with E-state index in [0.717, 1.165) is 52.3 Å². The number of nitrogens with zero attached hydrogens (tertiary/aromatic N) is 1. The summed E-state index contributed by atoms with van der Waals surface area (Å²) in [5.74, 6) is 0.933. The fraction of sp³-hybridized carbons (Fsp3) is 0.269. The minimum Gasteiger partial charge on any atom is -0.494 e. The number of hydrogen-bond donors (Lipinski definition) is 0. The zero-order chi connectivity index (χ0) is 19.8. The quantitative estimate of drug-likeness (QED) is 0.365. The second-order valence-corrected chi connectivity index (χ2v) is 7.22. The molecule has 2 nitrogen and oxygen atoms in total. The molecule has 0 fully saturated rings. The van der Waals surface area contributed by atoms with Crippen LogP contribution in [0.25, 0.3) is 28.0 Å². The molecule has 3 rings (SSSR count). The molecular formula is C26H29NO. The summed E-state index contributed by atoms with van der Waals surface area (Å²) in [7, 11) is 0. The highest BCUT2D eigenvalue weighted by Gasteiger charge is 2.03. The van der Waals surface area contributed by atoms with Gasteiger partial charge in [-0.2, -0.15) is 0 Å². The first-order chi connectivity index (χ1) is 13.7.